The number of amides is 1. The lowest BCUT2D eigenvalue weighted by molar-refractivity contribution is -0.114. The number of anilines is 1. The molecule has 0 spiro atoms. The van der Waals surface area contributed by atoms with Crippen LogP contribution in [-0.2, 0) is 16.0 Å². The molecule has 1 heterocycles. The van der Waals surface area contributed by atoms with Crippen LogP contribution in [0, 0.1) is 0 Å². The minimum absolute atomic E-state index is 0.0630. The highest BCUT2D eigenvalue weighted by molar-refractivity contribution is 6.03. The Hall–Kier alpha value is -1.61. The van der Waals surface area contributed by atoms with Crippen molar-refractivity contribution in [2.24, 2.45) is 0 Å². The lowest BCUT2D eigenvalue weighted by Crippen LogP contribution is -2.39. The second-order valence-electron chi connectivity index (χ2n) is 3.85. The quantitative estimate of drug-likeness (QED) is 0.722. The third-order valence-corrected chi connectivity index (χ3v) is 2.84. The number of benzene rings is 1. The van der Waals surface area contributed by atoms with E-state index in [-0.39, 0.29) is 11.9 Å². The van der Waals surface area contributed by atoms with E-state index in [0.717, 1.165) is 12.1 Å². The van der Waals surface area contributed by atoms with Crippen LogP contribution in [0.15, 0.2) is 36.9 Å². The topological polar surface area (TPSA) is 29.5 Å². The molecule has 16 heavy (non-hydrogen) atoms. The van der Waals surface area contributed by atoms with Gasteiger partial charge in [-0.15, -0.1) is 0 Å². The Balaban J connectivity index is 2.35. The Morgan fingerprint density at radius 1 is 1.62 bits per heavy atom. The number of nitrogens with zero attached hydrogens (tertiary/aromatic N) is 1. The summed E-state index contributed by atoms with van der Waals surface area (Å²) in [7, 11) is 1.65. The lowest BCUT2D eigenvalue weighted by Gasteiger charge is -2.23. The van der Waals surface area contributed by atoms with Crippen molar-refractivity contribution in [3.8, 4) is 0 Å². The van der Waals surface area contributed by atoms with Crippen molar-refractivity contribution >= 4 is 11.6 Å². The van der Waals surface area contributed by atoms with Gasteiger partial charge in [0.2, 0.25) is 0 Å². The normalized spacial score (nSPS) is 18.3. The number of hydrogen-bond acceptors (Lipinski definition) is 2. The molecule has 0 saturated carbocycles. The molecule has 1 aliphatic rings. The van der Waals surface area contributed by atoms with Crippen molar-refractivity contribution < 1.29 is 9.53 Å². The zero-order chi connectivity index (χ0) is 11.5. The minimum Gasteiger partial charge on any atom is -0.383 e. The number of hydrogen-bond donors (Lipinski definition) is 0. The van der Waals surface area contributed by atoms with Crippen LogP contribution in [0.2, 0.25) is 0 Å². The molecule has 0 bridgehead atoms. The average Bonchev–Trinajstić information content (AvgIpc) is 2.66. The molecule has 1 aromatic rings. The van der Waals surface area contributed by atoms with Gasteiger partial charge in [0.1, 0.15) is 0 Å². The van der Waals surface area contributed by atoms with Crippen molar-refractivity contribution in [3.05, 3.63) is 42.5 Å². The molecule has 3 nitrogen and oxygen atoms in total. The molecule has 0 aromatic heterocycles. The fourth-order valence-corrected chi connectivity index (χ4v) is 2.18. The number of para-hydroxylation sites is 1. The molecule has 0 fully saturated rings. The fraction of sp³-hybridized carbons (Fsp3) is 0.308. The summed E-state index contributed by atoms with van der Waals surface area (Å²) in [4.78, 5) is 13.6. The van der Waals surface area contributed by atoms with Crippen molar-refractivity contribution in [1.29, 1.82) is 0 Å². The smallest absolute Gasteiger partial charge is 0.250 e. The molecule has 0 radical (unpaired) electrons. The van der Waals surface area contributed by atoms with Gasteiger partial charge in [-0.2, -0.15) is 0 Å². The summed E-state index contributed by atoms with van der Waals surface area (Å²) in [5.74, 6) is -0.0630. The fourth-order valence-electron chi connectivity index (χ4n) is 2.18. The first kappa shape index (κ1) is 10.9. The summed E-state index contributed by atoms with van der Waals surface area (Å²) in [6.07, 6.45) is 2.20. The van der Waals surface area contributed by atoms with Crippen LogP contribution < -0.4 is 4.90 Å². The third-order valence-electron chi connectivity index (χ3n) is 2.84. The van der Waals surface area contributed by atoms with Crippen LogP contribution in [0.3, 0.4) is 0 Å². The van der Waals surface area contributed by atoms with E-state index in [1.54, 1.807) is 12.0 Å². The third kappa shape index (κ3) is 1.74. The summed E-state index contributed by atoms with van der Waals surface area (Å²) >= 11 is 0. The summed E-state index contributed by atoms with van der Waals surface area (Å²) < 4.78 is 5.15. The standard InChI is InChI=1S/C13H15NO2/c1-3-13(15)14-11(9-16-2)8-10-6-4-5-7-12(10)14/h3-7,11H,1,8-9H2,2H3/t11-/m0/s1. The van der Waals surface area contributed by atoms with E-state index in [2.05, 4.69) is 6.58 Å². The van der Waals surface area contributed by atoms with Crippen molar-refractivity contribution in [2.45, 2.75) is 12.5 Å². The molecule has 0 N–H and O–H groups in total. The summed E-state index contributed by atoms with van der Waals surface area (Å²) in [6, 6.07) is 8.04. The number of carbonyl (C=O) groups is 1. The molecule has 3 heteroatoms. The van der Waals surface area contributed by atoms with Crippen LogP contribution in [0.1, 0.15) is 5.56 Å². The maximum absolute atomic E-state index is 11.8. The van der Waals surface area contributed by atoms with E-state index in [1.807, 2.05) is 24.3 Å². The lowest BCUT2D eigenvalue weighted by atomic mass is 10.1. The molecule has 1 aromatic carbocycles. The Morgan fingerprint density at radius 3 is 3.06 bits per heavy atom. The van der Waals surface area contributed by atoms with Crippen LogP contribution in [-0.4, -0.2) is 25.7 Å². The number of carbonyl (C=O) groups excluding carboxylic acids is 1. The zero-order valence-electron chi connectivity index (χ0n) is 9.35. The summed E-state index contributed by atoms with van der Waals surface area (Å²) in [5.41, 5.74) is 2.18. The van der Waals surface area contributed by atoms with Crippen LogP contribution >= 0.6 is 0 Å². The summed E-state index contributed by atoms with van der Waals surface area (Å²) in [5, 5.41) is 0. The van der Waals surface area contributed by atoms with E-state index < -0.39 is 0 Å². The SMILES string of the molecule is C=CC(=O)N1c2ccccc2C[C@H]1COC. The Morgan fingerprint density at radius 2 is 2.38 bits per heavy atom. The van der Waals surface area contributed by atoms with Gasteiger partial charge in [-0.05, 0) is 24.1 Å². The number of ether oxygens (including phenoxy) is 1. The maximum atomic E-state index is 11.8. The molecular formula is C13H15NO2. The minimum atomic E-state index is -0.0630. The molecule has 2 rings (SSSR count). The van der Waals surface area contributed by atoms with Crippen LogP contribution in [0.25, 0.3) is 0 Å². The maximum Gasteiger partial charge on any atom is 0.250 e. The van der Waals surface area contributed by atoms with Crippen molar-refractivity contribution in [1.82, 2.24) is 0 Å². The second-order valence-corrected chi connectivity index (χ2v) is 3.85. The first-order valence-corrected chi connectivity index (χ1v) is 5.30. The van der Waals surface area contributed by atoms with Gasteiger partial charge in [-0.1, -0.05) is 24.8 Å². The van der Waals surface area contributed by atoms with Gasteiger partial charge in [-0.3, -0.25) is 4.79 Å². The number of rotatable bonds is 3. The van der Waals surface area contributed by atoms with Gasteiger partial charge in [0, 0.05) is 12.8 Å². The Labute approximate surface area is 95.3 Å². The molecule has 1 atom stereocenters. The van der Waals surface area contributed by atoms with E-state index in [1.165, 1.54) is 11.6 Å². The highest BCUT2D eigenvalue weighted by Crippen LogP contribution is 2.32. The molecule has 1 aliphatic heterocycles. The van der Waals surface area contributed by atoms with Gasteiger partial charge in [0.05, 0.1) is 12.6 Å². The molecule has 0 unspecified atom stereocenters. The Bertz CT molecular complexity index is 414. The predicted octanol–water partition coefficient (Wildman–Crippen LogP) is 1.78. The second kappa shape index (κ2) is 4.49. The first-order chi connectivity index (χ1) is 7.77. The van der Waals surface area contributed by atoms with E-state index in [4.69, 9.17) is 4.74 Å². The van der Waals surface area contributed by atoms with E-state index >= 15 is 0 Å². The molecule has 1 amide bonds. The van der Waals surface area contributed by atoms with Gasteiger partial charge < -0.3 is 9.64 Å². The highest BCUT2D eigenvalue weighted by atomic mass is 16.5. The molecular weight excluding hydrogens is 202 g/mol. The monoisotopic (exact) mass is 217 g/mol. The van der Waals surface area contributed by atoms with Gasteiger partial charge in [0.15, 0.2) is 0 Å². The molecule has 0 saturated heterocycles. The van der Waals surface area contributed by atoms with E-state index in [9.17, 15) is 4.79 Å². The largest absolute Gasteiger partial charge is 0.383 e. The van der Waals surface area contributed by atoms with Crippen LogP contribution in [0.5, 0.6) is 0 Å². The number of methoxy groups -OCH3 is 1. The zero-order valence-corrected chi connectivity index (χ0v) is 9.35. The van der Waals surface area contributed by atoms with Gasteiger partial charge in [-0.25, -0.2) is 0 Å². The highest BCUT2D eigenvalue weighted by Gasteiger charge is 2.31. The first-order valence-electron chi connectivity index (χ1n) is 5.30. The Kier molecular flexibility index (Phi) is 3.06. The van der Waals surface area contributed by atoms with Crippen LogP contribution in [0.4, 0.5) is 5.69 Å². The predicted molar refractivity (Wildman–Crippen MR) is 63.5 cm³/mol. The van der Waals surface area contributed by atoms with Gasteiger partial charge >= 0.3 is 0 Å². The van der Waals surface area contributed by atoms with E-state index in [0.29, 0.717) is 6.61 Å². The summed E-state index contributed by atoms with van der Waals surface area (Å²) in [6.45, 7) is 4.09. The number of fused-ring (bicyclic) bond motifs is 1. The average molecular weight is 217 g/mol. The molecule has 0 aliphatic carbocycles. The molecule has 84 valence electrons. The van der Waals surface area contributed by atoms with Crippen molar-refractivity contribution in [3.63, 3.8) is 0 Å². The van der Waals surface area contributed by atoms with Crippen molar-refractivity contribution in [2.75, 3.05) is 18.6 Å². The van der Waals surface area contributed by atoms with Gasteiger partial charge in [0.25, 0.3) is 5.91 Å².